The molecule has 1 aromatic heterocycles. The summed E-state index contributed by atoms with van der Waals surface area (Å²) < 4.78 is 1.10. The van der Waals surface area contributed by atoms with Crippen LogP contribution in [0.1, 0.15) is 4.88 Å². The van der Waals surface area contributed by atoms with Crippen molar-refractivity contribution in [3.63, 3.8) is 0 Å². The van der Waals surface area contributed by atoms with Crippen molar-refractivity contribution in [1.82, 2.24) is 0 Å². The molecule has 0 spiro atoms. The molecule has 1 radical (unpaired) electrons. The highest BCUT2D eigenvalue weighted by Gasteiger charge is 2.02. The predicted octanol–water partition coefficient (Wildman–Crippen LogP) is 4.29. The van der Waals surface area contributed by atoms with Crippen LogP contribution < -0.4 is 0 Å². The van der Waals surface area contributed by atoms with Crippen LogP contribution in [0.4, 0.5) is 0 Å². The molecule has 65 valence electrons. The van der Waals surface area contributed by atoms with Gasteiger partial charge in [-0.25, -0.2) is 0 Å². The van der Waals surface area contributed by atoms with E-state index in [2.05, 4.69) is 46.4 Å². The Labute approximate surface area is 90.4 Å². The molecule has 0 amide bonds. The van der Waals surface area contributed by atoms with Crippen molar-refractivity contribution in [3.05, 3.63) is 45.1 Å². The topological polar surface area (TPSA) is 0 Å². The minimum Gasteiger partial charge on any atom is -0.149 e. The zero-order valence-electron chi connectivity index (χ0n) is 7.17. The zero-order valence-corrected chi connectivity index (χ0v) is 9.58. The third kappa shape index (κ3) is 1.84. The Balaban J connectivity index is 2.53. The Morgan fingerprint density at radius 3 is 2.85 bits per heavy atom. The van der Waals surface area contributed by atoms with E-state index in [1.165, 1.54) is 10.4 Å². The summed E-state index contributed by atoms with van der Waals surface area (Å²) in [7, 11) is 0. The number of rotatable bonds is 1. The summed E-state index contributed by atoms with van der Waals surface area (Å²) in [5.74, 6) is 0. The van der Waals surface area contributed by atoms with E-state index < -0.39 is 0 Å². The van der Waals surface area contributed by atoms with Crippen LogP contribution in [0.2, 0.25) is 0 Å². The van der Waals surface area contributed by atoms with Crippen molar-refractivity contribution >= 4 is 27.3 Å². The van der Waals surface area contributed by atoms with Crippen LogP contribution in [-0.4, -0.2) is 0 Å². The van der Waals surface area contributed by atoms with Crippen LogP contribution in [0.25, 0.3) is 11.1 Å². The largest absolute Gasteiger partial charge is 0.149 e. The first kappa shape index (κ1) is 8.97. The molecule has 2 aromatic rings. The molecule has 0 N–H and O–H groups in total. The maximum atomic E-state index is 3.46. The van der Waals surface area contributed by atoms with Crippen molar-refractivity contribution < 1.29 is 0 Å². The summed E-state index contributed by atoms with van der Waals surface area (Å²) in [5.41, 5.74) is 2.44. The minimum absolute atomic E-state index is 1.10. The third-order valence-corrected chi connectivity index (χ3v) is 3.25. The zero-order chi connectivity index (χ0) is 9.26. The molecule has 0 aliphatic carbocycles. The first-order chi connectivity index (χ1) is 6.27. The fourth-order valence-corrected chi connectivity index (χ4v) is 2.33. The summed E-state index contributed by atoms with van der Waals surface area (Å²) in [6.07, 6.45) is 0. The van der Waals surface area contributed by atoms with Gasteiger partial charge >= 0.3 is 0 Å². The summed E-state index contributed by atoms with van der Waals surface area (Å²) >= 11 is 5.23. The molecule has 0 atom stereocenters. The number of benzene rings is 1. The number of aryl methyl sites for hydroxylation is 1. The van der Waals surface area contributed by atoms with Gasteiger partial charge in [0.05, 0.1) is 0 Å². The molecule has 0 nitrogen and oxygen atoms in total. The van der Waals surface area contributed by atoms with Crippen molar-refractivity contribution in [2.75, 3.05) is 0 Å². The highest BCUT2D eigenvalue weighted by molar-refractivity contribution is 9.10. The number of halogens is 1. The second kappa shape index (κ2) is 3.64. The van der Waals surface area contributed by atoms with E-state index in [4.69, 9.17) is 0 Å². The van der Waals surface area contributed by atoms with Crippen LogP contribution in [0, 0.1) is 13.0 Å². The standard InChI is InChI=1S/C11H8BrS/c1-8-11(5-6-13-8)9-3-2-4-10(12)7-9/h2,4-7H,1H3. The highest BCUT2D eigenvalue weighted by Crippen LogP contribution is 2.28. The first-order valence-corrected chi connectivity index (χ1v) is 5.66. The SMILES string of the molecule is Cc1sccc1-c1[c]ccc(Br)c1. The Hall–Kier alpha value is -0.600. The lowest BCUT2D eigenvalue weighted by Gasteiger charge is -1.99. The summed E-state index contributed by atoms with van der Waals surface area (Å²) in [4.78, 5) is 1.34. The lowest BCUT2D eigenvalue weighted by molar-refractivity contribution is 1.56. The fourth-order valence-electron chi connectivity index (χ4n) is 1.26. The highest BCUT2D eigenvalue weighted by atomic mass is 79.9. The number of hydrogen-bond donors (Lipinski definition) is 0. The van der Waals surface area contributed by atoms with Gasteiger partial charge in [-0.3, -0.25) is 0 Å². The Kier molecular flexibility index (Phi) is 2.51. The van der Waals surface area contributed by atoms with E-state index in [-0.39, 0.29) is 0 Å². The molecular weight excluding hydrogens is 244 g/mol. The fraction of sp³-hybridized carbons (Fsp3) is 0.0909. The van der Waals surface area contributed by atoms with Crippen molar-refractivity contribution in [2.24, 2.45) is 0 Å². The van der Waals surface area contributed by atoms with E-state index in [9.17, 15) is 0 Å². The Morgan fingerprint density at radius 2 is 2.23 bits per heavy atom. The second-order valence-corrected chi connectivity index (χ2v) is 4.85. The molecule has 0 aliphatic rings. The minimum atomic E-state index is 1.10. The number of thiophene rings is 1. The van der Waals surface area contributed by atoms with Gasteiger partial charge in [-0.1, -0.05) is 22.0 Å². The van der Waals surface area contributed by atoms with Gasteiger partial charge in [-0.15, -0.1) is 11.3 Å². The van der Waals surface area contributed by atoms with Crippen molar-refractivity contribution in [3.8, 4) is 11.1 Å². The molecule has 0 saturated carbocycles. The molecular formula is C11H8BrS. The average Bonchev–Trinajstić information content (AvgIpc) is 2.51. The lowest BCUT2D eigenvalue weighted by atomic mass is 10.1. The normalized spacial score (nSPS) is 10.3. The molecule has 0 unspecified atom stereocenters. The van der Waals surface area contributed by atoms with E-state index in [1.807, 2.05) is 12.1 Å². The van der Waals surface area contributed by atoms with Crippen molar-refractivity contribution in [1.29, 1.82) is 0 Å². The van der Waals surface area contributed by atoms with Gasteiger partial charge in [-0.2, -0.15) is 0 Å². The van der Waals surface area contributed by atoms with E-state index in [0.717, 1.165) is 10.0 Å². The average molecular weight is 252 g/mol. The molecule has 2 rings (SSSR count). The van der Waals surface area contributed by atoms with Crippen LogP contribution in [-0.2, 0) is 0 Å². The smallest absolute Gasteiger partial charge is 0.0181 e. The van der Waals surface area contributed by atoms with Crippen molar-refractivity contribution in [2.45, 2.75) is 6.92 Å². The Morgan fingerprint density at radius 1 is 1.38 bits per heavy atom. The lowest BCUT2D eigenvalue weighted by Crippen LogP contribution is -1.76. The molecule has 0 saturated heterocycles. The molecule has 2 heteroatoms. The van der Waals surface area contributed by atoms with E-state index in [0.29, 0.717) is 0 Å². The maximum Gasteiger partial charge on any atom is 0.0181 e. The first-order valence-electron chi connectivity index (χ1n) is 3.99. The monoisotopic (exact) mass is 251 g/mol. The third-order valence-electron chi connectivity index (χ3n) is 1.91. The van der Waals surface area contributed by atoms with Crippen LogP contribution in [0.15, 0.2) is 34.1 Å². The summed E-state index contributed by atoms with van der Waals surface area (Å²) in [5, 5.41) is 2.11. The maximum absolute atomic E-state index is 3.46. The van der Waals surface area contributed by atoms with Gasteiger partial charge in [0.1, 0.15) is 0 Å². The van der Waals surface area contributed by atoms with Gasteiger partial charge in [0.2, 0.25) is 0 Å². The van der Waals surface area contributed by atoms with Gasteiger partial charge in [0.15, 0.2) is 0 Å². The molecule has 0 aliphatic heterocycles. The Bertz CT molecular complexity index is 418. The van der Waals surface area contributed by atoms with Crippen LogP contribution >= 0.6 is 27.3 Å². The predicted molar refractivity (Wildman–Crippen MR) is 61.0 cm³/mol. The molecule has 1 heterocycles. The van der Waals surface area contributed by atoms with Gasteiger partial charge in [0, 0.05) is 9.35 Å². The summed E-state index contributed by atoms with van der Waals surface area (Å²) in [6, 6.07) is 11.4. The summed E-state index contributed by atoms with van der Waals surface area (Å²) in [6.45, 7) is 2.13. The van der Waals surface area contributed by atoms with Gasteiger partial charge in [-0.05, 0) is 47.7 Å². The second-order valence-electron chi connectivity index (χ2n) is 2.81. The van der Waals surface area contributed by atoms with Crippen LogP contribution in [0.5, 0.6) is 0 Å². The molecule has 0 fully saturated rings. The van der Waals surface area contributed by atoms with Gasteiger partial charge < -0.3 is 0 Å². The van der Waals surface area contributed by atoms with E-state index >= 15 is 0 Å². The molecule has 1 aromatic carbocycles. The van der Waals surface area contributed by atoms with Crippen LogP contribution in [0.3, 0.4) is 0 Å². The quantitative estimate of drug-likeness (QED) is 0.710. The number of hydrogen-bond acceptors (Lipinski definition) is 1. The molecule has 0 bridgehead atoms. The molecule has 13 heavy (non-hydrogen) atoms. The van der Waals surface area contributed by atoms with E-state index in [1.54, 1.807) is 11.3 Å². The van der Waals surface area contributed by atoms with Gasteiger partial charge in [0.25, 0.3) is 0 Å².